The maximum Gasteiger partial charge on any atom is 0.267 e. The highest BCUT2D eigenvalue weighted by Crippen LogP contribution is 2.38. The van der Waals surface area contributed by atoms with Crippen LogP contribution in [0.4, 0.5) is 0 Å². The number of carbonyl (C=O) groups excluding carboxylic acids is 1. The van der Waals surface area contributed by atoms with Crippen molar-refractivity contribution in [2.24, 2.45) is 11.1 Å². The average Bonchev–Trinajstić information content (AvgIpc) is 2.93. The molecule has 0 spiro atoms. The molecule has 1 atom stereocenters. The lowest BCUT2D eigenvalue weighted by molar-refractivity contribution is 0.0996. The van der Waals surface area contributed by atoms with Gasteiger partial charge in [-0.3, -0.25) is 4.79 Å². The normalized spacial score (nSPS) is 17.4. The Morgan fingerprint density at radius 2 is 2.25 bits per heavy atom. The molecule has 150 valence electrons. The summed E-state index contributed by atoms with van der Waals surface area (Å²) >= 11 is 13.2. The number of nitrogens with two attached hydrogens (primary N) is 1. The maximum atomic E-state index is 11.7. The van der Waals surface area contributed by atoms with Crippen LogP contribution in [-0.4, -0.2) is 42.3 Å². The number of primary amides is 1. The number of carbonyl (C=O) groups is 1. The zero-order valence-corrected chi connectivity index (χ0v) is 17.7. The SMILES string of the molecule is COCC(C)(C)C#Cc1c(Cl)c2c(Cl)cc(C(N)=O)nc2n1[C@H]1CCCNC1. The molecule has 0 aromatic carbocycles. The highest BCUT2D eigenvalue weighted by molar-refractivity contribution is 6.43. The van der Waals surface area contributed by atoms with E-state index in [1.54, 1.807) is 7.11 Å². The summed E-state index contributed by atoms with van der Waals surface area (Å²) in [5.74, 6) is 5.84. The van der Waals surface area contributed by atoms with Gasteiger partial charge in [-0.2, -0.15) is 0 Å². The van der Waals surface area contributed by atoms with Crippen LogP contribution in [0.1, 0.15) is 48.9 Å². The van der Waals surface area contributed by atoms with Crippen LogP contribution in [0.3, 0.4) is 0 Å². The van der Waals surface area contributed by atoms with Crippen LogP contribution in [0.15, 0.2) is 6.07 Å². The molecule has 0 aliphatic carbocycles. The molecule has 1 fully saturated rings. The Bertz CT molecular complexity index is 966. The number of nitrogens with zero attached hydrogens (tertiary/aromatic N) is 2. The van der Waals surface area contributed by atoms with E-state index in [1.807, 2.05) is 18.4 Å². The van der Waals surface area contributed by atoms with Crippen LogP contribution in [0.5, 0.6) is 0 Å². The number of amides is 1. The number of rotatable bonds is 4. The number of pyridine rings is 1. The molecule has 0 saturated carbocycles. The lowest BCUT2D eigenvalue weighted by Gasteiger charge is -2.26. The number of ether oxygens (including phenoxy) is 1. The van der Waals surface area contributed by atoms with E-state index in [2.05, 4.69) is 22.1 Å². The molecule has 2 aromatic heterocycles. The van der Waals surface area contributed by atoms with Crippen molar-refractivity contribution in [2.45, 2.75) is 32.7 Å². The third kappa shape index (κ3) is 4.13. The predicted octanol–water partition coefficient (Wildman–Crippen LogP) is 3.39. The number of aromatic nitrogens is 2. The first-order chi connectivity index (χ1) is 13.2. The lowest BCUT2D eigenvalue weighted by Crippen LogP contribution is -2.32. The number of fused-ring (bicyclic) bond motifs is 1. The van der Waals surface area contributed by atoms with Crippen molar-refractivity contribution in [3.05, 3.63) is 27.5 Å². The van der Waals surface area contributed by atoms with Gasteiger partial charge in [-0.25, -0.2) is 4.98 Å². The van der Waals surface area contributed by atoms with E-state index in [0.717, 1.165) is 25.9 Å². The van der Waals surface area contributed by atoms with Gasteiger partial charge in [-0.15, -0.1) is 0 Å². The molecule has 3 heterocycles. The predicted molar refractivity (Wildman–Crippen MR) is 112 cm³/mol. The van der Waals surface area contributed by atoms with Crippen LogP contribution in [0, 0.1) is 17.3 Å². The van der Waals surface area contributed by atoms with Crippen molar-refractivity contribution in [2.75, 3.05) is 26.8 Å². The Balaban J connectivity index is 2.26. The van der Waals surface area contributed by atoms with E-state index in [4.69, 9.17) is 33.7 Å². The summed E-state index contributed by atoms with van der Waals surface area (Å²) in [5.41, 5.74) is 6.38. The monoisotopic (exact) mass is 422 g/mol. The van der Waals surface area contributed by atoms with Gasteiger partial charge >= 0.3 is 0 Å². The Labute approximate surface area is 174 Å². The van der Waals surface area contributed by atoms with Gasteiger partial charge in [-0.1, -0.05) is 29.1 Å². The lowest BCUT2D eigenvalue weighted by atomic mass is 9.95. The zero-order chi connectivity index (χ0) is 20.5. The Kier molecular flexibility index (Phi) is 6.21. The average molecular weight is 423 g/mol. The minimum atomic E-state index is -0.636. The standard InChI is InChI=1S/C20H24Cl2N4O2/c1-20(2,11-28-3)7-6-15-17(22)16-13(21)9-14(18(23)27)25-19(16)26(15)12-5-4-8-24-10-12/h9,12,24H,4-5,8,10-11H2,1-3H3,(H2,23,27)/t12-/m0/s1. The molecule has 3 rings (SSSR count). The minimum absolute atomic E-state index is 0.102. The first-order valence-corrected chi connectivity index (χ1v) is 9.93. The number of hydrogen-bond acceptors (Lipinski definition) is 4. The van der Waals surface area contributed by atoms with E-state index in [9.17, 15) is 4.79 Å². The third-order valence-corrected chi connectivity index (χ3v) is 5.43. The van der Waals surface area contributed by atoms with E-state index in [1.165, 1.54) is 6.07 Å². The molecule has 1 aliphatic rings. The summed E-state index contributed by atoms with van der Waals surface area (Å²) in [6.07, 6.45) is 1.97. The molecule has 1 amide bonds. The van der Waals surface area contributed by atoms with Gasteiger partial charge in [-0.05, 0) is 45.2 Å². The van der Waals surface area contributed by atoms with Crippen LogP contribution in [0.25, 0.3) is 11.0 Å². The first-order valence-electron chi connectivity index (χ1n) is 9.17. The topological polar surface area (TPSA) is 82.2 Å². The molecule has 28 heavy (non-hydrogen) atoms. The van der Waals surface area contributed by atoms with Crippen LogP contribution in [0.2, 0.25) is 10.0 Å². The van der Waals surface area contributed by atoms with Crippen LogP contribution >= 0.6 is 23.2 Å². The molecule has 0 bridgehead atoms. The van der Waals surface area contributed by atoms with Gasteiger partial charge in [0.05, 0.1) is 22.0 Å². The van der Waals surface area contributed by atoms with E-state index < -0.39 is 5.91 Å². The smallest absolute Gasteiger partial charge is 0.267 e. The van der Waals surface area contributed by atoms with Crippen LogP contribution < -0.4 is 11.1 Å². The minimum Gasteiger partial charge on any atom is -0.383 e. The Morgan fingerprint density at radius 3 is 2.86 bits per heavy atom. The van der Waals surface area contributed by atoms with Gasteiger partial charge in [0.15, 0.2) is 0 Å². The number of hydrogen-bond donors (Lipinski definition) is 2. The number of piperidine rings is 1. The number of methoxy groups -OCH3 is 1. The molecule has 6 nitrogen and oxygen atoms in total. The molecule has 3 N–H and O–H groups in total. The second-order valence-electron chi connectivity index (χ2n) is 7.65. The second kappa shape index (κ2) is 8.30. The van der Waals surface area contributed by atoms with Crippen molar-refractivity contribution in [3.63, 3.8) is 0 Å². The van der Waals surface area contributed by atoms with Gasteiger partial charge in [0.2, 0.25) is 0 Å². The van der Waals surface area contributed by atoms with Crippen molar-refractivity contribution >= 4 is 40.1 Å². The second-order valence-corrected chi connectivity index (χ2v) is 8.44. The summed E-state index contributed by atoms with van der Waals surface area (Å²) in [4.78, 5) is 16.2. The number of nitrogens with one attached hydrogen (secondary N) is 1. The quantitative estimate of drug-likeness (QED) is 0.739. The largest absolute Gasteiger partial charge is 0.383 e. The summed E-state index contributed by atoms with van der Waals surface area (Å²) < 4.78 is 7.25. The summed E-state index contributed by atoms with van der Waals surface area (Å²) in [6.45, 7) is 6.22. The fourth-order valence-corrected chi connectivity index (χ4v) is 4.14. The van der Waals surface area contributed by atoms with Gasteiger partial charge in [0.25, 0.3) is 5.91 Å². The number of halogens is 2. The summed E-state index contributed by atoms with van der Waals surface area (Å²) in [7, 11) is 1.65. The summed E-state index contributed by atoms with van der Waals surface area (Å²) in [6, 6.07) is 1.55. The summed E-state index contributed by atoms with van der Waals surface area (Å²) in [5, 5.41) is 4.76. The van der Waals surface area contributed by atoms with Crippen LogP contribution in [-0.2, 0) is 4.74 Å². The van der Waals surface area contributed by atoms with Crippen molar-refractivity contribution < 1.29 is 9.53 Å². The molecular formula is C20H24Cl2N4O2. The van der Waals surface area contributed by atoms with Gasteiger partial charge < -0.3 is 20.4 Å². The highest BCUT2D eigenvalue weighted by atomic mass is 35.5. The fraction of sp³-hybridized carbons (Fsp3) is 0.500. The van der Waals surface area contributed by atoms with Crippen molar-refractivity contribution in [1.29, 1.82) is 0 Å². The van der Waals surface area contributed by atoms with E-state index >= 15 is 0 Å². The maximum absolute atomic E-state index is 11.7. The molecule has 0 radical (unpaired) electrons. The zero-order valence-electron chi connectivity index (χ0n) is 16.2. The van der Waals surface area contributed by atoms with Crippen molar-refractivity contribution in [3.8, 4) is 11.8 Å². The Morgan fingerprint density at radius 1 is 1.50 bits per heavy atom. The van der Waals surface area contributed by atoms with E-state index in [-0.39, 0.29) is 17.2 Å². The van der Waals surface area contributed by atoms with Crippen molar-refractivity contribution in [1.82, 2.24) is 14.9 Å². The molecule has 1 aliphatic heterocycles. The molecule has 0 unspecified atom stereocenters. The molecule has 2 aromatic rings. The molecule has 8 heteroatoms. The highest BCUT2D eigenvalue weighted by Gasteiger charge is 2.26. The fourth-order valence-electron chi connectivity index (χ4n) is 3.48. The third-order valence-electron chi connectivity index (χ3n) is 4.76. The Hall–Kier alpha value is -1.78. The molecule has 1 saturated heterocycles. The first kappa shape index (κ1) is 20.9. The van der Waals surface area contributed by atoms with Gasteiger partial charge in [0.1, 0.15) is 17.0 Å². The molecular weight excluding hydrogens is 399 g/mol. The van der Waals surface area contributed by atoms with Gasteiger partial charge in [0, 0.05) is 25.1 Å². The van der Waals surface area contributed by atoms with E-state index in [0.29, 0.717) is 33.4 Å².